The van der Waals surface area contributed by atoms with E-state index in [1.165, 1.54) is 0 Å². The molecule has 1 fully saturated rings. The van der Waals surface area contributed by atoms with Crippen molar-refractivity contribution in [3.63, 3.8) is 0 Å². The van der Waals surface area contributed by atoms with E-state index in [0.717, 1.165) is 26.1 Å². The molecular weight excluding hydrogens is 154 g/mol. The van der Waals surface area contributed by atoms with Crippen molar-refractivity contribution in [2.75, 3.05) is 13.2 Å². The highest BCUT2D eigenvalue weighted by molar-refractivity contribution is 4.76. The van der Waals surface area contributed by atoms with Gasteiger partial charge in [0.25, 0.3) is 0 Å². The molecule has 0 amide bonds. The van der Waals surface area contributed by atoms with Crippen molar-refractivity contribution in [1.29, 1.82) is 0 Å². The van der Waals surface area contributed by atoms with Crippen LogP contribution in [0.1, 0.15) is 26.7 Å². The number of ether oxygens (including phenoxy) is 1. The zero-order valence-electron chi connectivity index (χ0n) is 7.92. The fraction of sp³-hybridized carbons (Fsp3) is 1.00. The minimum absolute atomic E-state index is 0.164. The third kappa shape index (κ3) is 3.09. The third-order valence-electron chi connectivity index (χ3n) is 2.38. The summed E-state index contributed by atoms with van der Waals surface area (Å²) in [5.74, 6) is 0. The topological polar surface area (TPSA) is 41.5 Å². The fourth-order valence-electron chi connectivity index (χ4n) is 1.38. The summed E-state index contributed by atoms with van der Waals surface area (Å²) >= 11 is 0. The third-order valence-corrected chi connectivity index (χ3v) is 2.38. The van der Waals surface area contributed by atoms with Gasteiger partial charge in [0, 0.05) is 18.7 Å². The van der Waals surface area contributed by atoms with E-state index in [0.29, 0.717) is 6.04 Å². The number of hydrogen-bond acceptors (Lipinski definition) is 3. The molecule has 1 heterocycles. The van der Waals surface area contributed by atoms with Crippen LogP contribution in [0.5, 0.6) is 0 Å². The van der Waals surface area contributed by atoms with E-state index in [-0.39, 0.29) is 12.1 Å². The average molecular weight is 173 g/mol. The Kier molecular flexibility index (Phi) is 3.98. The quantitative estimate of drug-likeness (QED) is 0.654. The van der Waals surface area contributed by atoms with Gasteiger partial charge in [0.05, 0.1) is 12.7 Å². The van der Waals surface area contributed by atoms with Gasteiger partial charge in [-0.3, -0.25) is 0 Å². The minimum Gasteiger partial charge on any atom is -0.392 e. The first-order valence-corrected chi connectivity index (χ1v) is 4.72. The smallest absolute Gasteiger partial charge is 0.0662 e. The van der Waals surface area contributed by atoms with Crippen LogP contribution < -0.4 is 5.32 Å². The maximum Gasteiger partial charge on any atom is 0.0662 e. The maximum atomic E-state index is 9.25. The number of rotatable bonds is 3. The van der Waals surface area contributed by atoms with Crippen LogP contribution in [0.15, 0.2) is 0 Å². The molecule has 0 aromatic carbocycles. The van der Waals surface area contributed by atoms with Crippen LogP contribution in [-0.4, -0.2) is 36.5 Å². The maximum absolute atomic E-state index is 9.25. The van der Waals surface area contributed by atoms with E-state index < -0.39 is 0 Å². The molecule has 0 aliphatic carbocycles. The van der Waals surface area contributed by atoms with Crippen molar-refractivity contribution < 1.29 is 9.84 Å². The Morgan fingerprint density at radius 1 is 1.50 bits per heavy atom. The lowest BCUT2D eigenvalue weighted by Crippen LogP contribution is -2.46. The molecule has 1 aliphatic heterocycles. The minimum atomic E-state index is -0.285. The summed E-state index contributed by atoms with van der Waals surface area (Å²) in [6, 6.07) is 0.597. The summed E-state index contributed by atoms with van der Waals surface area (Å²) in [4.78, 5) is 0. The molecule has 0 radical (unpaired) electrons. The molecule has 0 aromatic rings. The van der Waals surface area contributed by atoms with Crippen molar-refractivity contribution in [1.82, 2.24) is 5.32 Å². The molecule has 3 atom stereocenters. The normalized spacial score (nSPS) is 29.8. The van der Waals surface area contributed by atoms with Crippen molar-refractivity contribution in [3.8, 4) is 0 Å². The zero-order valence-corrected chi connectivity index (χ0v) is 7.92. The molecule has 1 saturated heterocycles. The van der Waals surface area contributed by atoms with Crippen molar-refractivity contribution in [2.24, 2.45) is 0 Å². The first kappa shape index (κ1) is 9.96. The van der Waals surface area contributed by atoms with E-state index in [9.17, 15) is 5.11 Å². The molecule has 2 N–H and O–H groups in total. The molecule has 0 aromatic heterocycles. The molecule has 1 rings (SSSR count). The van der Waals surface area contributed by atoms with E-state index >= 15 is 0 Å². The van der Waals surface area contributed by atoms with Crippen LogP contribution in [0, 0.1) is 0 Å². The van der Waals surface area contributed by atoms with E-state index in [1.807, 2.05) is 6.92 Å². The first-order valence-electron chi connectivity index (χ1n) is 4.72. The Hall–Kier alpha value is -0.120. The second kappa shape index (κ2) is 4.80. The summed E-state index contributed by atoms with van der Waals surface area (Å²) in [6.45, 7) is 5.49. The Morgan fingerprint density at radius 3 is 2.75 bits per heavy atom. The van der Waals surface area contributed by atoms with Gasteiger partial charge in [-0.25, -0.2) is 0 Å². The Labute approximate surface area is 74.1 Å². The van der Waals surface area contributed by atoms with Crippen LogP contribution in [0.4, 0.5) is 0 Å². The molecule has 12 heavy (non-hydrogen) atoms. The summed E-state index contributed by atoms with van der Waals surface area (Å²) in [6.07, 6.45) is 2.01. The summed E-state index contributed by atoms with van der Waals surface area (Å²) in [5.41, 5.74) is 0. The highest BCUT2D eigenvalue weighted by Gasteiger charge is 2.17. The molecule has 3 heteroatoms. The Morgan fingerprint density at radius 2 is 2.25 bits per heavy atom. The molecular formula is C9H19NO2. The lowest BCUT2D eigenvalue weighted by atomic mass is 10.1. The largest absolute Gasteiger partial charge is 0.392 e. The van der Waals surface area contributed by atoms with Gasteiger partial charge < -0.3 is 15.2 Å². The summed E-state index contributed by atoms with van der Waals surface area (Å²) < 4.78 is 5.32. The van der Waals surface area contributed by atoms with E-state index in [1.54, 1.807) is 6.92 Å². The number of nitrogens with one attached hydrogen (secondary N) is 1. The molecule has 0 saturated carbocycles. The highest BCUT2D eigenvalue weighted by atomic mass is 16.5. The van der Waals surface area contributed by atoms with Crippen molar-refractivity contribution in [3.05, 3.63) is 0 Å². The van der Waals surface area contributed by atoms with Crippen LogP contribution in [-0.2, 0) is 4.74 Å². The molecule has 0 spiro atoms. The monoisotopic (exact) mass is 173 g/mol. The molecule has 1 aliphatic rings. The highest BCUT2D eigenvalue weighted by Crippen LogP contribution is 2.07. The van der Waals surface area contributed by atoms with Crippen LogP contribution >= 0.6 is 0 Å². The van der Waals surface area contributed by atoms with Gasteiger partial charge in [-0.05, 0) is 26.7 Å². The van der Waals surface area contributed by atoms with Gasteiger partial charge in [-0.15, -0.1) is 0 Å². The fourth-order valence-corrected chi connectivity index (χ4v) is 1.38. The summed E-state index contributed by atoms with van der Waals surface area (Å²) in [5, 5.41) is 12.6. The molecule has 72 valence electrons. The lowest BCUT2D eigenvalue weighted by Gasteiger charge is -2.27. The second-order valence-corrected chi connectivity index (χ2v) is 3.61. The van der Waals surface area contributed by atoms with Gasteiger partial charge in [-0.2, -0.15) is 0 Å². The van der Waals surface area contributed by atoms with Gasteiger partial charge in [0.2, 0.25) is 0 Å². The van der Waals surface area contributed by atoms with E-state index in [4.69, 9.17) is 4.74 Å². The number of aliphatic hydroxyl groups excluding tert-OH is 1. The Balaban J connectivity index is 2.20. The predicted molar refractivity (Wildman–Crippen MR) is 48.1 cm³/mol. The predicted octanol–water partition coefficient (Wildman–Crippen LogP) is 0.524. The van der Waals surface area contributed by atoms with Crippen molar-refractivity contribution >= 4 is 0 Å². The van der Waals surface area contributed by atoms with Crippen LogP contribution in [0.3, 0.4) is 0 Å². The SMILES string of the molecule is CC(O)C(C)NC1CCCOC1. The van der Waals surface area contributed by atoms with Gasteiger partial charge in [-0.1, -0.05) is 0 Å². The standard InChI is InChI=1S/C9H19NO2/c1-7(8(2)11)10-9-4-3-5-12-6-9/h7-11H,3-6H2,1-2H3. The Bertz CT molecular complexity index is 122. The van der Waals surface area contributed by atoms with Gasteiger partial charge in [0.1, 0.15) is 0 Å². The molecule has 0 bridgehead atoms. The van der Waals surface area contributed by atoms with Crippen LogP contribution in [0.25, 0.3) is 0 Å². The number of aliphatic hydroxyl groups is 1. The van der Waals surface area contributed by atoms with Crippen molar-refractivity contribution in [2.45, 2.75) is 44.9 Å². The lowest BCUT2D eigenvalue weighted by molar-refractivity contribution is 0.0560. The molecule has 3 unspecified atom stereocenters. The second-order valence-electron chi connectivity index (χ2n) is 3.61. The molecule has 3 nitrogen and oxygen atoms in total. The average Bonchev–Trinajstić information content (AvgIpc) is 2.06. The van der Waals surface area contributed by atoms with Gasteiger partial charge >= 0.3 is 0 Å². The first-order chi connectivity index (χ1) is 5.70. The zero-order chi connectivity index (χ0) is 8.97. The summed E-state index contributed by atoms with van der Waals surface area (Å²) in [7, 11) is 0. The van der Waals surface area contributed by atoms with E-state index in [2.05, 4.69) is 5.32 Å². The number of hydrogen-bond donors (Lipinski definition) is 2. The van der Waals surface area contributed by atoms with Crippen LogP contribution in [0.2, 0.25) is 0 Å². The van der Waals surface area contributed by atoms with Gasteiger partial charge in [0.15, 0.2) is 0 Å².